The average molecular weight is 334 g/mol. The highest BCUT2D eigenvalue weighted by Gasteiger charge is 2.06. The lowest BCUT2D eigenvalue weighted by atomic mass is 10.2. The lowest BCUT2D eigenvalue weighted by Crippen LogP contribution is -1.95. The Hall–Kier alpha value is -1.44. The summed E-state index contributed by atoms with van der Waals surface area (Å²) < 4.78 is 3.65. The van der Waals surface area contributed by atoms with Gasteiger partial charge in [0.1, 0.15) is 0 Å². The number of aryl methyl sites for hydroxylation is 1. The number of H-pyrrole nitrogens is 1. The Bertz CT molecular complexity index is 731. The van der Waals surface area contributed by atoms with Gasteiger partial charge in [-0.25, -0.2) is 4.68 Å². The molecule has 7 heteroatoms. The standard InChI is InChI=1S/C14H14N4S3/c19-14-18(12-6-2-1-3-7-12)17-13(21-14)20-8-4-5-11-9-15-16-10-11/h1-3,6-7,9-10H,4-5,8H2,(H,15,16). The van der Waals surface area contributed by atoms with Crippen molar-refractivity contribution in [3.05, 3.63) is 52.2 Å². The maximum absolute atomic E-state index is 5.39. The Balaban J connectivity index is 1.58. The molecule has 3 aromatic rings. The van der Waals surface area contributed by atoms with E-state index in [1.165, 1.54) is 5.56 Å². The van der Waals surface area contributed by atoms with Crippen LogP contribution in [-0.4, -0.2) is 25.7 Å². The zero-order chi connectivity index (χ0) is 14.5. The van der Waals surface area contributed by atoms with E-state index in [1.807, 2.05) is 47.4 Å². The summed E-state index contributed by atoms with van der Waals surface area (Å²) in [5.74, 6) is 1.03. The molecule has 0 aliphatic heterocycles. The van der Waals surface area contributed by atoms with Crippen LogP contribution in [0.4, 0.5) is 0 Å². The second kappa shape index (κ2) is 7.02. The van der Waals surface area contributed by atoms with Crippen LogP contribution in [0.15, 0.2) is 47.1 Å². The van der Waals surface area contributed by atoms with Gasteiger partial charge in [0.05, 0.1) is 11.9 Å². The van der Waals surface area contributed by atoms with Crippen molar-refractivity contribution in [1.29, 1.82) is 0 Å². The van der Waals surface area contributed by atoms with Crippen LogP contribution in [0, 0.1) is 3.95 Å². The molecule has 108 valence electrons. The fourth-order valence-electron chi connectivity index (χ4n) is 1.90. The van der Waals surface area contributed by atoms with E-state index in [4.69, 9.17) is 12.2 Å². The summed E-state index contributed by atoms with van der Waals surface area (Å²) in [4.78, 5) is 0. The molecule has 1 N–H and O–H groups in total. The quantitative estimate of drug-likeness (QED) is 0.419. The summed E-state index contributed by atoms with van der Waals surface area (Å²) in [7, 11) is 0. The fourth-order valence-corrected chi connectivity index (χ4v) is 4.27. The third-order valence-corrected chi connectivity index (χ3v) is 5.37. The summed E-state index contributed by atoms with van der Waals surface area (Å²) >= 11 is 8.72. The van der Waals surface area contributed by atoms with Crippen molar-refractivity contribution >= 4 is 35.3 Å². The molecule has 21 heavy (non-hydrogen) atoms. The van der Waals surface area contributed by atoms with Crippen molar-refractivity contribution in [3.63, 3.8) is 0 Å². The first-order valence-electron chi connectivity index (χ1n) is 6.59. The van der Waals surface area contributed by atoms with Crippen molar-refractivity contribution in [2.75, 3.05) is 5.75 Å². The first-order valence-corrected chi connectivity index (χ1v) is 8.80. The van der Waals surface area contributed by atoms with Gasteiger partial charge in [-0.15, -0.1) is 5.10 Å². The van der Waals surface area contributed by atoms with Gasteiger partial charge in [-0.2, -0.15) is 5.10 Å². The number of nitrogens with one attached hydrogen (secondary N) is 1. The van der Waals surface area contributed by atoms with Crippen molar-refractivity contribution in [1.82, 2.24) is 20.0 Å². The van der Waals surface area contributed by atoms with E-state index < -0.39 is 0 Å². The molecule has 0 unspecified atom stereocenters. The second-order valence-electron chi connectivity index (χ2n) is 4.44. The van der Waals surface area contributed by atoms with Crippen LogP contribution in [0.5, 0.6) is 0 Å². The third-order valence-electron chi connectivity index (χ3n) is 2.92. The molecule has 2 aromatic heterocycles. The average Bonchev–Trinajstić information content (AvgIpc) is 3.14. The number of rotatable bonds is 6. The predicted octanol–water partition coefficient (Wildman–Crippen LogP) is 4.11. The molecule has 3 rings (SSSR count). The van der Waals surface area contributed by atoms with Crippen LogP contribution in [0.2, 0.25) is 0 Å². The highest BCUT2D eigenvalue weighted by molar-refractivity contribution is 8.01. The van der Waals surface area contributed by atoms with Gasteiger partial charge in [-0.1, -0.05) is 41.3 Å². The summed E-state index contributed by atoms with van der Waals surface area (Å²) in [5.41, 5.74) is 2.27. The summed E-state index contributed by atoms with van der Waals surface area (Å²) in [6, 6.07) is 10.0. The summed E-state index contributed by atoms with van der Waals surface area (Å²) in [6.45, 7) is 0. The van der Waals surface area contributed by atoms with E-state index in [2.05, 4.69) is 15.3 Å². The molecule has 0 spiro atoms. The number of aromatic nitrogens is 4. The minimum absolute atomic E-state index is 0.790. The molecular weight excluding hydrogens is 320 g/mol. The number of benzene rings is 1. The number of hydrogen-bond acceptors (Lipinski definition) is 5. The number of hydrogen-bond donors (Lipinski definition) is 1. The maximum Gasteiger partial charge on any atom is 0.184 e. The smallest absolute Gasteiger partial charge is 0.184 e. The molecule has 4 nitrogen and oxygen atoms in total. The van der Waals surface area contributed by atoms with Crippen LogP contribution in [0.25, 0.3) is 5.69 Å². The Morgan fingerprint density at radius 1 is 1.29 bits per heavy atom. The first-order chi connectivity index (χ1) is 10.3. The van der Waals surface area contributed by atoms with E-state index in [1.54, 1.807) is 23.1 Å². The molecular formula is C14H14N4S3. The summed E-state index contributed by atoms with van der Waals surface area (Å²) in [5, 5.41) is 11.4. The topological polar surface area (TPSA) is 46.5 Å². The second-order valence-corrected chi connectivity index (χ2v) is 7.40. The van der Waals surface area contributed by atoms with Gasteiger partial charge >= 0.3 is 0 Å². The maximum atomic E-state index is 5.39. The zero-order valence-electron chi connectivity index (χ0n) is 11.2. The first kappa shape index (κ1) is 14.5. The number of para-hydroxylation sites is 1. The van der Waals surface area contributed by atoms with Crippen molar-refractivity contribution in [2.45, 2.75) is 17.2 Å². The minimum Gasteiger partial charge on any atom is -0.285 e. The van der Waals surface area contributed by atoms with Gasteiger partial charge < -0.3 is 0 Å². The molecule has 0 saturated carbocycles. The molecule has 0 atom stereocenters. The molecule has 0 aliphatic carbocycles. The van der Waals surface area contributed by atoms with Crippen LogP contribution >= 0.6 is 35.3 Å². The zero-order valence-corrected chi connectivity index (χ0v) is 13.7. The van der Waals surface area contributed by atoms with Gasteiger partial charge in [0.2, 0.25) is 0 Å². The molecule has 0 radical (unpaired) electrons. The predicted molar refractivity (Wildman–Crippen MR) is 89.9 cm³/mol. The van der Waals surface area contributed by atoms with Gasteiger partial charge in [-0.05, 0) is 42.8 Å². The van der Waals surface area contributed by atoms with Crippen molar-refractivity contribution < 1.29 is 0 Å². The Kier molecular flexibility index (Phi) is 4.84. The Morgan fingerprint density at radius 2 is 2.14 bits per heavy atom. The van der Waals surface area contributed by atoms with E-state index in [9.17, 15) is 0 Å². The number of thioether (sulfide) groups is 1. The molecule has 0 fully saturated rings. The largest absolute Gasteiger partial charge is 0.285 e. The van der Waals surface area contributed by atoms with Crippen LogP contribution in [-0.2, 0) is 6.42 Å². The Labute approximate surface area is 136 Å². The summed E-state index contributed by atoms with van der Waals surface area (Å²) in [6.07, 6.45) is 5.95. The lowest BCUT2D eigenvalue weighted by Gasteiger charge is -1.99. The molecule has 0 amide bonds. The van der Waals surface area contributed by atoms with Crippen LogP contribution < -0.4 is 0 Å². The van der Waals surface area contributed by atoms with Gasteiger partial charge in [-0.3, -0.25) is 5.10 Å². The number of nitrogens with zero attached hydrogens (tertiary/aromatic N) is 3. The van der Waals surface area contributed by atoms with E-state index in [0.717, 1.165) is 32.6 Å². The van der Waals surface area contributed by atoms with E-state index >= 15 is 0 Å². The van der Waals surface area contributed by atoms with Gasteiger partial charge in [0, 0.05) is 11.9 Å². The molecule has 0 bridgehead atoms. The molecule has 0 saturated heterocycles. The Morgan fingerprint density at radius 3 is 2.90 bits per heavy atom. The SMILES string of the molecule is S=c1sc(SCCCc2cn[nH]c2)nn1-c1ccccc1. The normalized spacial score (nSPS) is 10.9. The third kappa shape index (κ3) is 3.81. The van der Waals surface area contributed by atoms with Gasteiger partial charge in [0.15, 0.2) is 8.29 Å². The monoisotopic (exact) mass is 334 g/mol. The minimum atomic E-state index is 0.790. The van der Waals surface area contributed by atoms with E-state index in [-0.39, 0.29) is 0 Å². The molecule has 2 heterocycles. The fraction of sp³-hybridized carbons (Fsp3) is 0.214. The van der Waals surface area contributed by atoms with Crippen LogP contribution in [0.3, 0.4) is 0 Å². The number of aromatic amines is 1. The highest BCUT2D eigenvalue weighted by Crippen LogP contribution is 2.24. The van der Waals surface area contributed by atoms with Gasteiger partial charge in [0.25, 0.3) is 0 Å². The molecule has 1 aromatic carbocycles. The molecule has 0 aliphatic rings. The van der Waals surface area contributed by atoms with Crippen LogP contribution in [0.1, 0.15) is 12.0 Å². The van der Waals surface area contributed by atoms with E-state index in [0.29, 0.717) is 0 Å². The van der Waals surface area contributed by atoms with Crippen molar-refractivity contribution in [2.24, 2.45) is 0 Å². The van der Waals surface area contributed by atoms with Crippen molar-refractivity contribution in [3.8, 4) is 5.69 Å². The highest BCUT2D eigenvalue weighted by atomic mass is 32.2. The lowest BCUT2D eigenvalue weighted by molar-refractivity contribution is 0.828.